The number of pyridine rings is 1. The van der Waals surface area contributed by atoms with Gasteiger partial charge in [0.2, 0.25) is 0 Å². The van der Waals surface area contributed by atoms with Crippen molar-refractivity contribution in [2.75, 3.05) is 20.8 Å². The van der Waals surface area contributed by atoms with E-state index in [1.807, 2.05) is 18.2 Å². The minimum atomic E-state index is -0.859. The molecule has 1 spiro atoms. The number of ether oxygens (including phenoxy) is 4. The molecule has 0 radical (unpaired) electrons. The predicted octanol–water partition coefficient (Wildman–Crippen LogP) is 5.49. The number of methoxy groups -OCH3 is 2. The summed E-state index contributed by atoms with van der Waals surface area (Å²) >= 11 is 7.12. The Kier molecular flexibility index (Phi) is 6.22. The van der Waals surface area contributed by atoms with Gasteiger partial charge in [-0.2, -0.15) is 0 Å². The van der Waals surface area contributed by atoms with E-state index in [1.165, 1.54) is 12.0 Å². The molecule has 3 atom stereocenters. The molecule has 2 fully saturated rings. The van der Waals surface area contributed by atoms with Crippen LogP contribution < -0.4 is 9.47 Å². The molecule has 194 valence electrons. The second-order valence-corrected chi connectivity index (χ2v) is 11.6. The van der Waals surface area contributed by atoms with Gasteiger partial charge >= 0.3 is 12.1 Å². The van der Waals surface area contributed by atoms with Crippen LogP contribution in [-0.2, 0) is 14.3 Å². The normalized spacial score (nSPS) is 25.8. The highest BCUT2D eigenvalue weighted by Crippen LogP contribution is 2.54. The number of rotatable bonds is 3. The number of carbonyl (C=O) groups excluding carboxylic acids is 2. The lowest BCUT2D eigenvalue weighted by atomic mass is 9.79. The lowest BCUT2D eigenvalue weighted by molar-refractivity contribution is -0.145. The van der Waals surface area contributed by atoms with Gasteiger partial charge in [0.05, 0.1) is 37.4 Å². The molecule has 3 heterocycles. The second-order valence-electron chi connectivity index (χ2n) is 11.1. The van der Waals surface area contributed by atoms with E-state index in [2.05, 4.69) is 0 Å². The third kappa shape index (κ3) is 4.33. The maximum atomic E-state index is 13.1. The van der Waals surface area contributed by atoms with E-state index in [0.29, 0.717) is 18.1 Å². The number of esters is 1. The molecule has 2 aliphatic heterocycles. The van der Waals surface area contributed by atoms with Crippen LogP contribution in [0.1, 0.15) is 75.4 Å². The zero-order valence-electron chi connectivity index (χ0n) is 21.4. The van der Waals surface area contributed by atoms with Crippen LogP contribution in [-0.4, -0.2) is 60.0 Å². The average molecular weight is 517 g/mol. The number of hydrogen-bond donors (Lipinski definition) is 0. The maximum Gasteiger partial charge on any atom is 0.411 e. The number of nitrogens with zero attached hydrogens (tertiary/aromatic N) is 2. The SMILES string of the molecule is COC(=O)[C@@H]1C[C@]2(CC(Cl)c3c(c(C4CCC4)nc4ccc(OC)cc34)O2)CN1C(=O)OC(C)(C)C. The quantitative estimate of drug-likeness (QED) is 0.393. The number of likely N-dealkylation sites (tertiary alicyclic amines) is 1. The van der Waals surface area contributed by atoms with Crippen molar-refractivity contribution in [3.63, 3.8) is 0 Å². The molecule has 0 bridgehead atoms. The van der Waals surface area contributed by atoms with E-state index >= 15 is 0 Å². The minimum absolute atomic E-state index is 0.171. The summed E-state index contributed by atoms with van der Waals surface area (Å²) < 4.78 is 22.9. The Labute approximate surface area is 216 Å². The molecular weight excluding hydrogens is 484 g/mol. The Morgan fingerprint density at radius 2 is 1.94 bits per heavy atom. The molecule has 8 nitrogen and oxygen atoms in total. The van der Waals surface area contributed by atoms with Crippen molar-refractivity contribution < 1.29 is 28.5 Å². The van der Waals surface area contributed by atoms with Crippen molar-refractivity contribution in [2.45, 2.75) is 81.4 Å². The van der Waals surface area contributed by atoms with Crippen molar-refractivity contribution in [3.8, 4) is 11.5 Å². The number of carbonyl (C=O) groups is 2. The summed E-state index contributed by atoms with van der Waals surface area (Å²) in [6, 6.07) is 4.98. The van der Waals surface area contributed by atoms with E-state index in [0.717, 1.165) is 47.2 Å². The van der Waals surface area contributed by atoms with Gasteiger partial charge in [0, 0.05) is 29.7 Å². The van der Waals surface area contributed by atoms with Crippen LogP contribution in [0.3, 0.4) is 0 Å². The number of alkyl halides is 1. The van der Waals surface area contributed by atoms with Crippen molar-refractivity contribution in [1.29, 1.82) is 0 Å². The predicted molar refractivity (Wildman–Crippen MR) is 135 cm³/mol. The van der Waals surface area contributed by atoms with Crippen LogP contribution >= 0.6 is 11.6 Å². The van der Waals surface area contributed by atoms with Gasteiger partial charge in [-0.25, -0.2) is 14.6 Å². The molecule has 2 aromatic rings. The van der Waals surface area contributed by atoms with Gasteiger partial charge in [0.25, 0.3) is 0 Å². The molecular formula is C27H33ClN2O6. The molecule has 1 aromatic carbocycles. The molecule has 36 heavy (non-hydrogen) atoms. The smallest absolute Gasteiger partial charge is 0.411 e. The van der Waals surface area contributed by atoms with Crippen LogP contribution in [0.4, 0.5) is 4.79 Å². The Hall–Kier alpha value is -2.74. The molecule has 1 saturated heterocycles. The van der Waals surface area contributed by atoms with Crippen molar-refractivity contribution in [2.24, 2.45) is 0 Å². The zero-order valence-corrected chi connectivity index (χ0v) is 22.2. The fraction of sp³-hybridized carbons (Fsp3) is 0.593. The maximum absolute atomic E-state index is 13.1. The van der Waals surface area contributed by atoms with E-state index < -0.39 is 34.7 Å². The standard InChI is InChI=1S/C27H33ClN2O6/c1-26(2,3)36-25(32)30-14-27(13-20(30)24(31)34-5)12-18(28)21-17-11-16(33-4)9-10-19(17)29-22(23(21)35-27)15-7-6-8-15/h9-11,15,18,20H,6-8,12-14H2,1-5H3/t18?,20-,27+/m0/s1. The summed E-state index contributed by atoms with van der Waals surface area (Å²) in [4.78, 5) is 32.3. The van der Waals surface area contributed by atoms with Gasteiger partial charge in [0.1, 0.15) is 28.7 Å². The second kappa shape index (κ2) is 8.98. The molecule has 1 saturated carbocycles. The van der Waals surface area contributed by atoms with Gasteiger partial charge in [-0.15, -0.1) is 11.6 Å². The lowest BCUT2D eigenvalue weighted by Gasteiger charge is -2.40. The van der Waals surface area contributed by atoms with Crippen molar-refractivity contribution in [1.82, 2.24) is 9.88 Å². The van der Waals surface area contributed by atoms with Gasteiger partial charge in [-0.3, -0.25) is 4.90 Å². The third-order valence-corrected chi connectivity index (χ3v) is 7.76. The van der Waals surface area contributed by atoms with Gasteiger partial charge in [0.15, 0.2) is 0 Å². The van der Waals surface area contributed by atoms with Crippen LogP contribution in [0.5, 0.6) is 11.5 Å². The molecule has 3 aliphatic rings. The van der Waals surface area contributed by atoms with E-state index in [1.54, 1.807) is 27.9 Å². The Balaban J connectivity index is 1.58. The Morgan fingerprint density at radius 1 is 1.19 bits per heavy atom. The van der Waals surface area contributed by atoms with Gasteiger partial charge in [-0.1, -0.05) is 6.42 Å². The van der Waals surface area contributed by atoms with Crippen LogP contribution in [0.15, 0.2) is 18.2 Å². The molecule has 1 aromatic heterocycles. The zero-order chi connectivity index (χ0) is 25.8. The van der Waals surface area contributed by atoms with Gasteiger partial charge < -0.3 is 18.9 Å². The molecule has 1 unspecified atom stereocenters. The van der Waals surface area contributed by atoms with Crippen molar-refractivity contribution >= 4 is 34.6 Å². The molecule has 1 aliphatic carbocycles. The average Bonchev–Trinajstić information content (AvgIpc) is 3.14. The number of fused-ring (bicyclic) bond motifs is 3. The first-order chi connectivity index (χ1) is 17.0. The number of amides is 1. The monoisotopic (exact) mass is 516 g/mol. The summed E-state index contributed by atoms with van der Waals surface area (Å²) in [6.45, 7) is 5.55. The molecule has 0 N–H and O–H groups in total. The summed E-state index contributed by atoms with van der Waals surface area (Å²) in [5, 5.41) is 0.496. The number of halogens is 1. The molecule has 9 heteroatoms. The topological polar surface area (TPSA) is 87.2 Å². The lowest BCUT2D eigenvalue weighted by Crippen LogP contribution is -2.46. The first kappa shape index (κ1) is 24.9. The molecule has 5 rings (SSSR count). The summed E-state index contributed by atoms with van der Waals surface area (Å²) in [6.07, 6.45) is 3.35. The fourth-order valence-electron chi connectivity index (χ4n) is 5.49. The van der Waals surface area contributed by atoms with Crippen LogP contribution in [0.25, 0.3) is 10.9 Å². The highest BCUT2D eigenvalue weighted by Gasteiger charge is 2.55. The highest BCUT2D eigenvalue weighted by molar-refractivity contribution is 6.22. The van der Waals surface area contributed by atoms with E-state index in [9.17, 15) is 9.59 Å². The van der Waals surface area contributed by atoms with Crippen LogP contribution in [0, 0.1) is 0 Å². The fourth-order valence-corrected chi connectivity index (χ4v) is 5.99. The first-order valence-electron chi connectivity index (χ1n) is 12.5. The number of hydrogen-bond acceptors (Lipinski definition) is 7. The van der Waals surface area contributed by atoms with Gasteiger partial charge in [-0.05, 0) is 51.8 Å². The van der Waals surface area contributed by atoms with Crippen molar-refractivity contribution in [3.05, 3.63) is 29.5 Å². The third-order valence-electron chi connectivity index (χ3n) is 7.39. The summed E-state index contributed by atoms with van der Waals surface area (Å²) in [7, 11) is 2.95. The number of aromatic nitrogens is 1. The molecule has 1 amide bonds. The largest absolute Gasteiger partial charge is 0.497 e. The van der Waals surface area contributed by atoms with E-state index in [4.69, 9.17) is 35.5 Å². The number of benzene rings is 1. The minimum Gasteiger partial charge on any atom is -0.497 e. The Morgan fingerprint density at radius 3 is 2.56 bits per heavy atom. The highest BCUT2D eigenvalue weighted by atomic mass is 35.5. The van der Waals surface area contributed by atoms with E-state index in [-0.39, 0.29) is 13.0 Å². The summed E-state index contributed by atoms with van der Waals surface area (Å²) in [5.74, 6) is 1.19. The van der Waals surface area contributed by atoms with Crippen LogP contribution in [0.2, 0.25) is 0 Å². The first-order valence-corrected chi connectivity index (χ1v) is 12.9. The Bertz CT molecular complexity index is 1210. The summed E-state index contributed by atoms with van der Waals surface area (Å²) in [5.41, 5.74) is 1.10.